The average molecular weight is 262 g/mol. The molecule has 0 aromatic carbocycles. The van der Waals surface area contributed by atoms with Crippen LogP contribution in [0.25, 0.3) is 0 Å². The Bertz CT molecular complexity index is 397. The van der Waals surface area contributed by atoms with Crippen molar-refractivity contribution in [3.05, 3.63) is 23.4 Å². The highest BCUT2D eigenvalue weighted by Crippen LogP contribution is 2.31. The summed E-state index contributed by atoms with van der Waals surface area (Å²) in [5.74, 6) is 2.31. The van der Waals surface area contributed by atoms with Gasteiger partial charge in [0.1, 0.15) is 6.10 Å². The van der Waals surface area contributed by atoms with E-state index in [1.54, 1.807) is 0 Å². The van der Waals surface area contributed by atoms with Crippen LogP contribution in [0.2, 0.25) is 0 Å². The standard InChI is InChI=1S/C16H26N2O/c1-4-14-8-13(10-17)9-16(18-14)19-15-6-5-11(2)12(3)7-15/h8-9,11-12,15H,4-7,10,17H2,1-3H3. The van der Waals surface area contributed by atoms with Crippen LogP contribution >= 0.6 is 0 Å². The van der Waals surface area contributed by atoms with Gasteiger partial charge < -0.3 is 10.5 Å². The Labute approximate surface area is 116 Å². The van der Waals surface area contributed by atoms with E-state index >= 15 is 0 Å². The van der Waals surface area contributed by atoms with E-state index < -0.39 is 0 Å². The van der Waals surface area contributed by atoms with E-state index in [1.807, 2.05) is 6.07 Å². The summed E-state index contributed by atoms with van der Waals surface area (Å²) in [6, 6.07) is 4.06. The largest absolute Gasteiger partial charge is 0.474 e. The first-order valence-corrected chi connectivity index (χ1v) is 7.49. The second-order valence-corrected chi connectivity index (χ2v) is 5.87. The first kappa shape index (κ1) is 14.3. The summed E-state index contributed by atoms with van der Waals surface area (Å²) < 4.78 is 6.09. The number of nitrogens with zero attached hydrogens (tertiary/aromatic N) is 1. The van der Waals surface area contributed by atoms with Crippen LogP contribution in [0.5, 0.6) is 5.88 Å². The molecule has 1 aromatic rings. The van der Waals surface area contributed by atoms with Gasteiger partial charge in [-0.05, 0) is 49.1 Å². The van der Waals surface area contributed by atoms with Gasteiger partial charge in [-0.15, -0.1) is 0 Å². The molecule has 1 heterocycles. The average Bonchev–Trinajstić information content (AvgIpc) is 2.42. The number of pyridine rings is 1. The molecule has 1 saturated carbocycles. The lowest BCUT2D eigenvalue weighted by molar-refractivity contribution is 0.0962. The van der Waals surface area contributed by atoms with Crippen LogP contribution in [0, 0.1) is 11.8 Å². The molecule has 0 aliphatic heterocycles. The summed E-state index contributed by atoms with van der Waals surface area (Å²) in [4.78, 5) is 4.56. The van der Waals surface area contributed by atoms with Gasteiger partial charge >= 0.3 is 0 Å². The molecule has 2 rings (SSSR count). The molecule has 1 aliphatic carbocycles. The van der Waals surface area contributed by atoms with Crippen molar-refractivity contribution in [1.82, 2.24) is 4.98 Å². The Morgan fingerprint density at radius 1 is 1.26 bits per heavy atom. The summed E-state index contributed by atoms with van der Waals surface area (Å²) >= 11 is 0. The maximum absolute atomic E-state index is 6.09. The molecule has 1 aliphatic rings. The first-order valence-electron chi connectivity index (χ1n) is 7.49. The summed E-state index contributed by atoms with van der Waals surface area (Å²) in [6.45, 7) is 7.31. The van der Waals surface area contributed by atoms with Gasteiger partial charge in [0, 0.05) is 18.3 Å². The van der Waals surface area contributed by atoms with E-state index in [2.05, 4.69) is 31.8 Å². The van der Waals surface area contributed by atoms with Gasteiger partial charge in [0.2, 0.25) is 5.88 Å². The van der Waals surface area contributed by atoms with Crippen molar-refractivity contribution in [3.8, 4) is 5.88 Å². The fourth-order valence-electron chi connectivity index (χ4n) is 2.76. The molecule has 3 unspecified atom stereocenters. The minimum Gasteiger partial charge on any atom is -0.474 e. The fraction of sp³-hybridized carbons (Fsp3) is 0.688. The maximum atomic E-state index is 6.09. The Balaban J connectivity index is 2.06. The Kier molecular flexibility index (Phi) is 4.81. The van der Waals surface area contributed by atoms with E-state index in [0.29, 0.717) is 12.6 Å². The lowest BCUT2D eigenvalue weighted by Gasteiger charge is -2.32. The lowest BCUT2D eigenvalue weighted by atomic mass is 9.80. The molecule has 3 nitrogen and oxygen atoms in total. The minimum atomic E-state index is 0.316. The van der Waals surface area contributed by atoms with E-state index in [4.69, 9.17) is 10.5 Å². The van der Waals surface area contributed by atoms with Crippen molar-refractivity contribution in [1.29, 1.82) is 0 Å². The highest BCUT2D eigenvalue weighted by molar-refractivity contribution is 5.25. The second-order valence-electron chi connectivity index (χ2n) is 5.87. The molecule has 3 atom stereocenters. The van der Waals surface area contributed by atoms with Gasteiger partial charge in [-0.3, -0.25) is 0 Å². The van der Waals surface area contributed by atoms with Gasteiger partial charge in [-0.1, -0.05) is 20.8 Å². The Morgan fingerprint density at radius 3 is 2.68 bits per heavy atom. The number of nitrogens with two attached hydrogens (primary N) is 1. The van der Waals surface area contributed by atoms with Crippen LogP contribution in [0.15, 0.2) is 12.1 Å². The SMILES string of the molecule is CCc1cc(CN)cc(OC2CCC(C)C(C)C2)n1. The fourth-order valence-corrected chi connectivity index (χ4v) is 2.76. The smallest absolute Gasteiger partial charge is 0.214 e. The molecule has 2 N–H and O–H groups in total. The third kappa shape index (κ3) is 3.69. The lowest BCUT2D eigenvalue weighted by Crippen LogP contribution is -2.29. The van der Waals surface area contributed by atoms with Crippen molar-refractivity contribution in [3.63, 3.8) is 0 Å². The highest BCUT2D eigenvalue weighted by Gasteiger charge is 2.26. The number of hydrogen-bond donors (Lipinski definition) is 1. The maximum Gasteiger partial charge on any atom is 0.214 e. The van der Waals surface area contributed by atoms with Crippen LogP contribution in [0.3, 0.4) is 0 Å². The van der Waals surface area contributed by atoms with E-state index in [-0.39, 0.29) is 0 Å². The number of ether oxygens (including phenoxy) is 1. The molecule has 1 aromatic heterocycles. The zero-order chi connectivity index (χ0) is 13.8. The zero-order valence-electron chi connectivity index (χ0n) is 12.4. The predicted octanol–water partition coefficient (Wildman–Crippen LogP) is 3.31. The van der Waals surface area contributed by atoms with E-state index in [0.717, 1.165) is 48.2 Å². The molecule has 19 heavy (non-hydrogen) atoms. The monoisotopic (exact) mass is 262 g/mol. The van der Waals surface area contributed by atoms with Crippen LogP contribution < -0.4 is 10.5 Å². The topological polar surface area (TPSA) is 48.1 Å². The summed E-state index contributed by atoms with van der Waals surface area (Å²) in [6.07, 6.45) is 4.76. The number of rotatable bonds is 4. The van der Waals surface area contributed by atoms with Crippen molar-refractivity contribution < 1.29 is 4.74 Å². The molecule has 0 bridgehead atoms. The van der Waals surface area contributed by atoms with Crippen LogP contribution in [0.1, 0.15) is 51.3 Å². The van der Waals surface area contributed by atoms with Gasteiger partial charge in [0.05, 0.1) is 0 Å². The van der Waals surface area contributed by atoms with Crippen molar-refractivity contribution in [2.75, 3.05) is 0 Å². The molecule has 0 saturated heterocycles. The normalized spacial score (nSPS) is 27.3. The van der Waals surface area contributed by atoms with Gasteiger partial charge in [-0.25, -0.2) is 4.98 Å². The Morgan fingerprint density at radius 2 is 2.05 bits per heavy atom. The van der Waals surface area contributed by atoms with Crippen LogP contribution in [-0.4, -0.2) is 11.1 Å². The number of aryl methyl sites for hydroxylation is 1. The van der Waals surface area contributed by atoms with Crippen molar-refractivity contribution in [2.45, 2.75) is 59.1 Å². The zero-order valence-corrected chi connectivity index (χ0v) is 12.4. The molecular formula is C16H26N2O. The highest BCUT2D eigenvalue weighted by atomic mass is 16.5. The first-order chi connectivity index (χ1) is 9.12. The molecule has 3 heteroatoms. The van der Waals surface area contributed by atoms with Crippen LogP contribution in [0.4, 0.5) is 0 Å². The minimum absolute atomic E-state index is 0.316. The van der Waals surface area contributed by atoms with Crippen molar-refractivity contribution in [2.24, 2.45) is 17.6 Å². The molecule has 1 fully saturated rings. The summed E-state index contributed by atoms with van der Waals surface area (Å²) in [5, 5.41) is 0. The summed E-state index contributed by atoms with van der Waals surface area (Å²) in [5.41, 5.74) is 7.91. The predicted molar refractivity (Wildman–Crippen MR) is 78.1 cm³/mol. The molecule has 0 radical (unpaired) electrons. The molecule has 0 amide bonds. The van der Waals surface area contributed by atoms with Crippen molar-refractivity contribution >= 4 is 0 Å². The van der Waals surface area contributed by atoms with E-state index in [1.165, 1.54) is 6.42 Å². The molecular weight excluding hydrogens is 236 g/mol. The third-order valence-corrected chi connectivity index (χ3v) is 4.35. The van der Waals surface area contributed by atoms with E-state index in [9.17, 15) is 0 Å². The molecule has 0 spiro atoms. The quantitative estimate of drug-likeness (QED) is 0.905. The third-order valence-electron chi connectivity index (χ3n) is 4.35. The van der Waals surface area contributed by atoms with Gasteiger partial charge in [-0.2, -0.15) is 0 Å². The molecule has 106 valence electrons. The van der Waals surface area contributed by atoms with Gasteiger partial charge in [0.15, 0.2) is 0 Å². The second kappa shape index (κ2) is 6.38. The Hall–Kier alpha value is -1.09. The number of aromatic nitrogens is 1. The van der Waals surface area contributed by atoms with Gasteiger partial charge in [0.25, 0.3) is 0 Å². The van der Waals surface area contributed by atoms with Crippen LogP contribution in [-0.2, 0) is 13.0 Å². The number of hydrogen-bond acceptors (Lipinski definition) is 3. The summed E-state index contributed by atoms with van der Waals surface area (Å²) in [7, 11) is 0.